The van der Waals surface area contributed by atoms with Crippen molar-refractivity contribution in [2.24, 2.45) is 0 Å². The molecule has 3 heterocycles. The molecule has 10 nitrogen and oxygen atoms in total. The summed E-state index contributed by atoms with van der Waals surface area (Å²) < 4.78 is 16.6. The maximum Gasteiger partial charge on any atom is 0.254 e. The van der Waals surface area contributed by atoms with Gasteiger partial charge in [0.1, 0.15) is 18.0 Å². The zero-order valence-corrected chi connectivity index (χ0v) is 23.9. The van der Waals surface area contributed by atoms with Crippen LogP contribution in [0.4, 0.5) is 5.82 Å². The zero-order chi connectivity index (χ0) is 28.8. The number of nitrogens with zero attached hydrogens (tertiary/aromatic N) is 5. The van der Waals surface area contributed by atoms with Crippen LogP contribution in [0, 0.1) is 6.92 Å². The minimum atomic E-state index is -0.142. The number of rotatable bonds is 9. The van der Waals surface area contributed by atoms with Crippen molar-refractivity contribution >= 4 is 17.6 Å². The molecule has 0 bridgehead atoms. The molecule has 0 aliphatic carbocycles. The number of benzene rings is 2. The van der Waals surface area contributed by atoms with Crippen molar-refractivity contribution in [1.29, 1.82) is 0 Å². The highest BCUT2D eigenvalue weighted by Gasteiger charge is 2.29. The Morgan fingerprint density at radius 3 is 2.39 bits per heavy atom. The molecule has 5 rings (SSSR count). The maximum atomic E-state index is 13.4. The first-order valence-corrected chi connectivity index (χ1v) is 14.0. The van der Waals surface area contributed by atoms with E-state index in [9.17, 15) is 9.59 Å². The Morgan fingerprint density at radius 1 is 0.976 bits per heavy atom. The number of carbonyl (C=O) groups excluding carboxylic acids is 2. The van der Waals surface area contributed by atoms with Crippen LogP contribution in [0.1, 0.15) is 28.8 Å². The van der Waals surface area contributed by atoms with Crippen molar-refractivity contribution in [3.63, 3.8) is 0 Å². The summed E-state index contributed by atoms with van der Waals surface area (Å²) >= 11 is 0. The third kappa shape index (κ3) is 6.77. The topological polar surface area (TPSA) is 97.3 Å². The lowest BCUT2D eigenvalue weighted by Gasteiger charge is -2.36. The lowest BCUT2D eigenvalue weighted by atomic mass is 10.1. The van der Waals surface area contributed by atoms with Gasteiger partial charge < -0.3 is 28.9 Å². The SMILES string of the molecule is COc1ccc(-c2ccc(N3CCN(C(=O)CN(CC4CCCO4)C(=O)c4ccc(C)cc4)CC3)nn2)c(OC)c1. The predicted molar refractivity (Wildman–Crippen MR) is 155 cm³/mol. The van der Waals surface area contributed by atoms with Gasteiger partial charge in [0, 0.05) is 56.5 Å². The van der Waals surface area contributed by atoms with Crippen LogP contribution in [0.3, 0.4) is 0 Å². The van der Waals surface area contributed by atoms with Gasteiger partial charge in [-0.05, 0) is 56.2 Å². The molecule has 2 saturated heterocycles. The van der Waals surface area contributed by atoms with Crippen LogP contribution >= 0.6 is 0 Å². The molecule has 216 valence electrons. The lowest BCUT2D eigenvalue weighted by molar-refractivity contribution is -0.132. The largest absolute Gasteiger partial charge is 0.497 e. The first kappa shape index (κ1) is 28.4. The molecule has 0 N–H and O–H groups in total. The summed E-state index contributed by atoms with van der Waals surface area (Å²) in [4.78, 5) is 32.3. The maximum absolute atomic E-state index is 13.4. The third-order valence-electron chi connectivity index (χ3n) is 7.65. The normalized spacial score (nSPS) is 16.9. The van der Waals surface area contributed by atoms with Gasteiger partial charge in [-0.25, -0.2) is 0 Å². The third-order valence-corrected chi connectivity index (χ3v) is 7.65. The average Bonchev–Trinajstić information content (AvgIpc) is 3.54. The van der Waals surface area contributed by atoms with E-state index in [1.165, 1.54) is 0 Å². The summed E-state index contributed by atoms with van der Waals surface area (Å²) in [5, 5.41) is 8.89. The Morgan fingerprint density at radius 2 is 1.76 bits per heavy atom. The summed E-state index contributed by atoms with van der Waals surface area (Å²) in [5.74, 6) is 1.92. The van der Waals surface area contributed by atoms with E-state index in [0.717, 1.165) is 29.8 Å². The molecule has 1 aromatic heterocycles. The molecule has 10 heteroatoms. The first-order chi connectivity index (χ1) is 19.9. The smallest absolute Gasteiger partial charge is 0.254 e. The van der Waals surface area contributed by atoms with Gasteiger partial charge in [-0.1, -0.05) is 17.7 Å². The first-order valence-electron chi connectivity index (χ1n) is 14.0. The molecule has 2 aliphatic rings. The fourth-order valence-electron chi connectivity index (χ4n) is 5.23. The molecule has 2 aromatic carbocycles. The standard InChI is InChI=1S/C31H37N5O5/c1-22-6-8-23(9-7-22)31(38)36(20-25-5-4-18-41-25)21-30(37)35-16-14-34(15-17-35)29-13-12-27(32-33-29)26-11-10-24(39-2)19-28(26)40-3/h6-13,19,25H,4-5,14-18,20-21H2,1-3H3. The van der Waals surface area contributed by atoms with Crippen LogP contribution in [0.15, 0.2) is 54.6 Å². The number of piperazine rings is 1. The fraction of sp³-hybridized carbons (Fsp3) is 0.419. The van der Waals surface area contributed by atoms with E-state index >= 15 is 0 Å². The lowest BCUT2D eigenvalue weighted by Crippen LogP contribution is -2.52. The zero-order valence-electron chi connectivity index (χ0n) is 23.9. The van der Waals surface area contributed by atoms with Gasteiger partial charge in [0.25, 0.3) is 5.91 Å². The number of aryl methyl sites for hydroxylation is 1. The van der Waals surface area contributed by atoms with E-state index in [4.69, 9.17) is 14.2 Å². The Kier molecular flexibility index (Phi) is 8.98. The summed E-state index contributed by atoms with van der Waals surface area (Å²) in [6.45, 7) is 5.48. The van der Waals surface area contributed by atoms with Crippen molar-refractivity contribution in [3.8, 4) is 22.8 Å². The summed E-state index contributed by atoms with van der Waals surface area (Å²) in [5.41, 5.74) is 3.20. The Balaban J connectivity index is 1.20. The number of aromatic nitrogens is 2. The number of hydrogen-bond acceptors (Lipinski definition) is 8. The summed E-state index contributed by atoms with van der Waals surface area (Å²) in [7, 11) is 3.23. The number of anilines is 1. The Hall–Kier alpha value is -4.18. The molecule has 3 aromatic rings. The molecule has 2 amide bonds. The van der Waals surface area contributed by atoms with Crippen LogP contribution in [0.2, 0.25) is 0 Å². The van der Waals surface area contributed by atoms with E-state index in [0.29, 0.717) is 62.1 Å². The molecule has 41 heavy (non-hydrogen) atoms. The molecular weight excluding hydrogens is 522 g/mol. The van der Waals surface area contributed by atoms with Crippen LogP contribution in [-0.2, 0) is 9.53 Å². The highest BCUT2D eigenvalue weighted by Crippen LogP contribution is 2.32. The molecule has 1 atom stereocenters. The van der Waals surface area contributed by atoms with Gasteiger partial charge in [0.15, 0.2) is 5.82 Å². The van der Waals surface area contributed by atoms with Crippen molar-refractivity contribution in [2.45, 2.75) is 25.9 Å². The molecule has 0 spiro atoms. The Labute approximate surface area is 240 Å². The Bertz CT molecular complexity index is 1330. The van der Waals surface area contributed by atoms with Crippen LogP contribution in [-0.4, -0.2) is 98.0 Å². The van der Waals surface area contributed by atoms with E-state index in [1.807, 2.05) is 66.4 Å². The van der Waals surface area contributed by atoms with Crippen LogP contribution < -0.4 is 14.4 Å². The van der Waals surface area contributed by atoms with Crippen molar-refractivity contribution in [2.75, 3.05) is 65.0 Å². The summed E-state index contributed by atoms with van der Waals surface area (Å²) in [6, 6.07) is 16.9. The monoisotopic (exact) mass is 559 g/mol. The van der Waals surface area contributed by atoms with Gasteiger partial charge in [0.05, 0.1) is 26.0 Å². The average molecular weight is 560 g/mol. The highest BCUT2D eigenvalue weighted by atomic mass is 16.5. The second kappa shape index (κ2) is 13.0. The van der Waals surface area contributed by atoms with Gasteiger partial charge >= 0.3 is 0 Å². The van der Waals surface area contributed by atoms with Gasteiger partial charge in [0.2, 0.25) is 5.91 Å². The minimum absolute atomic E-state index is 0.0325. The number of ether oxygens (including phenoxy) is 3. The number of methoxy groups -OCH3 is 2. The quantitative estimate of drug-likeness (QED) is 0.393. The second-order valence-electron chi connectivity index (χ2n) is 10.4. The van der Waals surface area contributed by atoms with E-state index in [1.54, 1.807) is 19.1 Å². The number of carbonyl (C=O) groups is 2. The van der Waals surface area contributed by atoms with Gasteiger partial charge in [-0.2, -0.15) is 0 Å². The van der Waals surface area contributed by atoms with Crippen LogP contribution in [0.5, 0.6) is 11.5 Å². The second-order valence-corrected chi connectivity index (χ2v) is 10.4. The molecule has 2 aliphatic heterocycles. The van der Waals surface area contributed by atoms with Crippen molar-refractivity contribution < 1.29 is 23.8 Å². The van der Waals surface area contributed by atoms with Crippen molar-refractivity contribution in [1.82, 2.24) is 20.0 Å². The predicted octanol–water partition coefficient (Wildman–Crippen LogP) is 3.44. The molecular formula is C31H37N5O5. The van der Waals surface area contributed by atoms with E-state index in [-0.39, 0.29) is 24.5 Å². The summed E-state index contributed by atoms with van der Waals surface area (Å²) in [6.07, 6.45) is 1.84. The van der Waals surface area contributed by atoms with Gasteiger partial charge in [-0.3, -0.25) is 9.59 Å². The van der Waals surface area contributed by atoms with E-state index < -0.39 is 0 Å². The number of hydrogen-bond donors (Lipinski definition) is 0. The molecule has 0 saturated carbocycles. The molecule has 2 fully saturated rings. The highest BCUT2D eigenvalue weighted by molar-refractivity contribution is 5.96. The molecule has 0 radical (unpaired) electrons. The fourth-order valence-corrected chi connectivity index (χ4v) is 5.23. The van der Waals surface area contributed by atoms with Gasteiger partial charge in [-0.15, -0.1) is 10.2 Å². The van der Waals surface area contributed by atoms with E-state index in [2.05, 4.69) is 15.1 Å². The minimum Gasteiger partial charge on any atom is -0.497 e. The van der Waals surface area contributed by atoms with Crippen LogP contribution in [0.25, 0.3) is 11.3 Å². The number of amides is 2. The molecule has 1 unspecified atom stereocenters. The van der Waals surface area contributed by atoms with Crippen molar-refractivity contribution in [3.05, 3.63) is 65.7 Å².